The van der Waals surface area contributed by atoms with Crippen LogP contribution in [0.5, 0.6) is 0 Å². The van der Waals surface area contributed by atoms with Crippen LogP contribution < -0.4 is 0 Å². The van der Waals surface area contributed by atoms with Crippen LogP contribution in [0.2, 0.25) is 0 Å². The third-order valence-corrected chi connectivity index (χ3v) is 7.00. The van der Waals surface area contributed by atoms with E-state index in [0.717, 1.165) is 49.9 Å². The summed E-state index contributed by atoms with van der Waals surface area (Å²) in [6.07, 6.45) is 0.133. The van der Waals surface area contributed by atoms with Gasteiger partial charge in [0.25, 0.3) is 0 Å². The molecule has 1 saturated carbocycles. The first-order valence-corrected chi connectivity index (χ1v) is 10.8. The van der Waals surface area contributed by atoms with Gasteiger partial charge in [-0.3, -0.25) is 0 Å². The van der Waals surface area contributed by atoms with E-state index in [4.69, 9.17) is 11.6 Å². The molecule has 1 aromatic carbocycles. The molecule has 0 aromatic heterocycles. The summed E-state index contributed by atoms with van der Waals surface area (Å²) in [5.74, 6) is 7.19. The van der Waals surface area contributed by atoms with E-state index in [-0.39, 0.29) is 16.9 Å². The Morgan fingerprint density at radius 1 is 1.15 bits per heavy atom. The molecule has 0 unspecified atom stereocenters. The zero-order chi connectivity index (χ0) is 20.1. The number of benzene rings is 1. The molecule has 3 nitrogen and oxygen atoms in total. The molecule has 0 atom stereocenters. The number of rotatable bonds is 5. The highest BCUT2D eigenvalue weighted by Gasteiger charge is 2.33. The Kier molecular flexibility index (Phi) is 7.61. The fourth-order valence-electron chi connectivity index (χ4n) is 3.13. The minimum Gasteiger partial charge on any atom is -0.207 e. The standard InChI is InChI=1S/C19H23ClF3NO2S/c1-24(17-10-6-15(7-11-17)5-3-2-4-14-20)27(25,26)18-12-8-16(9-13-18)19(21,22)23/h8-9,12-13,15,17H,2,4,6-7,10-11,14H2,1H3. The molecule has 0 aliphatic heterocycles. The van der Waals surface area contributed by atoms with Crippen molar-refractivity contribution in [3.8, 4) is 11.8 Å². The fourth-order valence-corrected chi connectivity index (χ4v) is 4.68. The monoisotopic (exact) mass is 421 g/mol. The van der Waals surface area contributed by atoms with Gasteiger partial charge in [-0.2, -0.15) is 17.5 Å². The normalized spacial score (nSPS) is 21.0. The second-order valence-electron chi connectivity index (χ2n) is 6.66. The second kappa shape index (κ2) is 9.31. The van der Waals surface area contributed by atoms with Crippen molar-refractivity contribution in [1.29, 1.82) is 0 Å². The summed E-state index contributed by atoms with van der Waals surface area (Å²) in [4.78, 5) is -0.124. The van der Waals surface area contributed by atoms with Gasteiger partial charge in [-0.25, -0.2) is 8.42 Å². The van der Waals surface area contributed by atoms with Crippen molar-refractivity contribution in [2.24, 2.45) is 5.92 Å². The Bertz CT molecular complexity index is 774. The molecule has 8 heteroatoms. The highest BCUT2D eigenvalue weighted by molar-refractivity contribution is 7.89. The molecule has 27 heavy (non-hydrogen) atoms. The predicted molar refractivity (Wildman–Crippen MR) is 99.9 cm³/mol. The van der Waals surface area contributed by atoms with Gasteiger partial charge in [-0.15, -0.1) is 17.5 Å². The largest absolute Gasteiger partial charge is 0.416 e. The fraction of sp³-hybridized carbons (Fsp3) is 0.579. The van der Waals surface area contributed by atoms with E-state index in [1.54, 1.807) is 0 Å². The van der Waals surface area contributed by atoms with E-state index in [2.05, 4.69) is 11.8 Å². The van der Waals surface area contributed by atoms with Crippen molar-refractivity contribution < 1.29 is 21.6 Å². The summed E-state index contributed by atoms with van der Waals surface area (Å²) in [6, 6.07) is 3.46. The van der Waals surface area contributed by atoms with Crippen molar-refractivity contribution in [2.45, 2.75) is 55.6 Å². The van der Waals surface area contributed by atoms with Crippen molar-refractivity contribution in [3.63, 3.8) is 0 Å². The van der Waals surface area contributed by atoms with Crippen LogP contribution in [0.1, 0.15) is 44.1 Å². The van der Waals surface area contributed by atoms with Gasteiger partial charge in [-0.1, -0.05) is 5.92 Å². The molecular formula is C19H23ClF3NO2S. The molecule has 0 radical (unpaired) electrons. The van der Waals surface area contributed by atoms with Crippen LogP contribution in [0, 0.1) is 17.8 Å². The van der Waals surface area contributed by atoms with Crippen LogP contribution in [0.25, 0.3) is 0 Å². The third kappa shape index (κ3) is 5.87. The second-order valence-corrected chi connectivity index (χ2v) is 9.04. The highest BCUT2D eigenvalue weighted by atomic mass is 35.5. The summed E-state index contributed by atoms with van der Waals surface area (Å²) >= 11 is 5.62. The van der Waals surface area contributed by atoms with Gasteiger partial charge in [0, 0.05) is 31.3 Å². The number of hydrogen-bond donors (Lipinski definition) is 0. The molecule has 150 valence electrons. The lowest BCUT2D eigenvalue weighted by Gasteiger charge is -2.32. The molecule has 2 rings (SSSR count). The Morgan fingerprint density at radius 2 is 1.74 bits per heavy atom. The summed E-state index contributed by atoms with van der Waals surface area (Å²) < 4.78 is 64.7. The number of sulfonamides is 1. The van der Waals surface area contributed by atoms with E-state index in [1.807, 2.05) is 0 Å². The topological polar surface area (TPSA) is 37.4 Å². The molecule has 1 fully saturated rings. The average Bonchev–Trinajstić information content (AvgIpc) is 2.64. The zero-order valence-electron chi connectivity index (χ0n) is 15.1. The van der Waals surface area contributed by atoms with Crippen LogP contribution in [-0.2, 0) is 16.2 Å². The molecule has 0 saturated heterocycles. The summed E-state index contributed by atoms with van der Waals surface area (Å²) in [5.41, 5.74) is -0.864. The highest BCUT2D eigenvalue weighted by Crippen LogP contribution is 2.32. The lowest BCUT2D eigenvalue weighted by Crippen LogP contribution is -2.39. The number of unbranched alkanes of at least 4 members (excludes halogenated alkanes) is 1. The van der Waals surface area contributed by atoms with Crippen LogP contribution in [0.4, 0.5) is 13.2 Å². The minimum atomic E-state index is -4.49. The van der Waals surface area contributed by atoms with Gasteiger partial charge in [0.05, 0.1) is 10.5 Å². The quantitative estimate of drug-likeness (QED) is 0.385. The molecule has 0 amide bonds. The Morgan fingerprint density at radius 3 is 2.26 bits per heavy atom. The molecule has 0 N–H and O–H groups in total. The molecule has 0 heterocycles. The van der Waals surface area contributed by atoms with Crippen LogP contribution in [0.15, 0.2) is 29.2 Å². The van der Waals surface area contributed by atoms with Gasteiger partial charge in [0.15, 0.2) is 0 Å². The summed E-state index contributed by atoms with van der Waals surface area (Å²) in [7, 11) is -2.34. The third-order valence-electron chi connectivity index (χ3n) is 4.81. The van der Waals surface area contributed by atoms with E-state index in [9.17, 15) is 21.6 Å². The summed E-state index contributed by atoms with van der Waals surface area (Å²) in [6.45, 7) is 0. The SMILES string of the molecule is CN(C1CCC(C#CCCCCl)CC1)S(=O)(=O)c1ccc(C(F)(F)F)cc1. The Labute approximate surface area is 163 Å². The first kappa shape index (κ1) is 22.1. The average molecular weight is 422 g/mol. The van der Waals surface area contributed by atoms with E-state index >= 15 is 0 Å². The predicted octanol–water partition coefficient (Wildman–Crippen LogP) is 4.91. The van der Waals surface area contributed by atoms with Crippen LogP contribution in [-0.4, -0.2) is 31.7 Å². The summed E-state index contributed by atoms with van der Waals surface area (Å²) in [5, 5.41) is 0. The van der Waals surface area contributed by atoms with E-state index < -0.39 is 21.8 Å². The zero-order valence-corrected chi connectivity index (χ0v) is 16.7. The molecule has 1 aliphatic carbocycles. The smallest absolute Gasteiger partial charge is 0.207 e. The van der Waals surface area contributed by atoms with Gasteiger partial charge >= 0.3 is 6.18 Å². The first-order chi connectivity index (χ1) is 12.7. The maximum atomic E-state index is 12.7. The van der Waals surface area contributed by atoms with Crippen molar-refractivity contribution >= 4 is 21.6 Å². The maximum Gasteiger partial charge on any atom is 0.416 e. The van der Waals surface area contributed by atoms with Gasteiger partial charge < -0.3 is 0 Å². The van der Waals surface area contributed by atoms with Crippen LogP contribution >= 0.6 is 11.6 Å². The molecule has 0 bridgehead atoms. The van der Waals surface area contributed by atoms with Crippen molar-refractivity contribution in [3.05, 3.63) is 29.8 Å². The maximum absolute atomic E-state index is 12.7. The van der Waals surface area contributed by atoms with Crippen LogP contribution in [0.3, 0.4) is 0 Å². The number of nitrogens with zero attached hydrogens (tertiary/aromatic N) is 1. The number of halogens is 4. The Hall–Kier alpha value is -1.23. The van der Waals surface area contributed by atoms with Gasteiger partial charge in [-0.05, 0) is 56.4 Å². The minimum absolute atomic E-state index is 0.124. The van der Waals surface area contributed by atoms with Crippen molar-refractivity contribution in [2.75, 3.05) is 12.9 Å². The molecular weight excluding hydrogens is 399 g/mol. The Balaban J connectivity index is 2.00. The molecule has 1 aromatic rings. The number of alkyl halides is 4. The van der Waals surface area contributed by atoms with Gasteiger partial charge in [0.1, 0.15) is 0 Å². The van der Waals surface area contributed by atoms with E-state index in [1.165, 1.54) is 11.4 Å². The lowest BCUT2D eigenvalue weighted by molar-refractivity contribution is -0.137. The first-order valence-electron chi connectivity index (χ1n) is 8.86. The number of hydrogen-bond acceptors (Lipinski definition) is 2. The van der Waals surface area contributed by atoms with Crippen molar-refractivity contribution in [1.82, 2.24) is 4.31 Å². The lowest BCUT2D eigenvalue weighted by atomic mass is 9.86. The molecule has 1 aliphatic rings. The van der Waals surface area contributed by atoms with E-state index in [0.29, 0.717) is 18.7 Å². The van der Waals surface area contributed by atoms with Gasteiger partial charge in [0.2, 0.25) is 10.0 Å². The molecule has 0 spiro atoms.